The van der Waals surface area contributed by atoms with E-state index in [4.69, 9.17) is 15.9 Å². The quantitative estimate of drug-likeness (QED) is 0.430. The maximum absolute atomic E-state index is 11.8. The second-order valence-electron chi connectivity index (χ2n) is 7.30. The number of nitrogen functional groups attached to an aromatic ring is 1. The number of aromatic carboxylic acids is 1. The van der Waals surface area contributed by atoms with Gasteiger partial charge in [0.2, 0.25) is 0 Å². The van der Waals surface area contributed by atoms with Gasteiger partial charge in [-0.2, -0.15) is 0 Å². The number of fused-ring (bicyclic) bond motifs is 1. The lowest BCUT2D eigenvalue weighted by Gasteiger charge is -2.22. The van der Waals surface area contributed by atoms with Crippen molar-refractivity contribution in [2.45, 2.75) is 13.0 Å². The number of anilines is 1. The van der Waals surface area contributed by atoms with E-state index in [-0.39, 0.29) is 11.4 Å². The van der Waals surface area contributed by atoms with Gasteiger partial charge in [0.15, 0.2) is 0 Å². The fraction of sp³-hybridized carbons (Fsp3) is 0.167. The van der Waals surface area contributed by atoms with E-state index in [1.165, 1.54) is 0 Å². The van der Waals surface area contributed by atoms with E-state index in [1.54, 1.807) is 19.2 Å². The lowest BCUT2D eigenvalue weighted by molar-refractivity contribution is 0.0697. The van der Waals surface area contributed by atoms with E-state index >= 15 is 0 Å². The second kappa shape index (κ2) is 7.91. The number of carboxylic acids is 1. The van der Waals surface area contributed by atoms with Crippen LogP contribution < -0.4 is 15.4 Å². The molecule has 1 aliphatic rings. The van der Waals surface area contributed by atoms with Crippen LogP contribution in [0.4, 0.5) is 5.69 Å². The number of rotatable bonds is 6. The fourth-order valence-electron chi connectivity index (χ4n) is 4.00. The first-order valence-corrected chi connectivity index (χ1v) is 9.70. The first-order chi connectivity index (χ1) is 14.5. The van der Waals surface area contributed by atoms with E-state index in [2.05, 4.69) is 4.90 Å². The molecule has 0 aromatic heterocycles. The van der Waals surface area contributed by atoms with E-state index in [1.807, 2.05) is 48.5 Å². The summed E-state index contributed by atoms with van der Waals surface area (Å²) in [5, 5.41) is 17.3. The molecule has 0 aliphatic carbocycles. The predicted octanol–water partition coefficient (Wildman–Crippen LogP) is 3.91. The number of carbonyl (C=O) groups is 1. The average molecular weight is 401 g/mol. The van der Waals surface area contributed by atoms with Gasteiger partial charge in [0.25, 0.3) is 0 Å². The van der Waals surface area contributed by atoms with Crippen LogP contribution >= 0.6 is 0 Å². The molecule has 0 radical (unpaired) electrons. The Morgan fingerprint density at radius 1 is 1.13 bits per heavy atom. The molecule has 0 spiro atoms. The van der Waals surface area contributed by atoms with Crippen LogP contribution in [-0.2, 0) is 13.0 Å². The van der Waals surface area contributed by atoms with E-state index in [0.29, 0.717) is 12.1 Å². The number of nitrogens with zero attached hydrogens (tertiary/aromatic N) is 1. The fourth-order valence-corrected chi connectivity index (χ4v) is 4.00. The number of nitrogens with one attached hydrogen (secondary N) is 1. The van der Waals surface area contributed by atoms with Crippen molar-refractivity contribution in [3.63, 3.8) is 0 Å². The Labute approximate surface area is 175 Å². The monoisotopic (exact) mass is 401 g/mol. The number of ether oxygens (including phenoxy) is 1. The Bertz CT molecular complexity index is 1140. The molecular weight excluding hydrogens is 378 g/mol. The molecule has 1 aliphatic heterocycles. The standard InChI is InChI=1S/C24H23N3O3/c1-30-18-7-8-19(20-4-2-3-5-21(20)24(28)29)17(13-18)14-27-11-10-15-12-16(23(25)26)6-9-22(15)27/h2-9,12-13H,10-11,14H2,1H3,(H3,25,26)(H,28,29). The van der Waals surface area contributed by atoms with Crippen molar-refractivity contribution in [2.24, 2.45) is 5.73 Å². The molecule has 1 heterocycles. The highest BCUT2D eigenvalue weighted by atomic mass is 16.5. The van der Waals surface area contributed by atoms with Crippen LogP contribution in [0.3, 0.4) is 0 Å². The minimum atomic E-state index is -0.948. The van der Waals surface area contributed by atoms with Crippen molar-refractivity contribution in [1.29, 1.82) is 5.41 Å². The van der Waals surface area contributed by atoms with Crippen LogP contribution in [0, 0.1) is 5.41 Å². The summed E-state index contributed by atoms with van der Waals surface area (Å²) in [5.41, 5.74) is 11.5. The number of amidine groups is 1. The maximum Gasteiger partial charge on any atom is 0.336 e. The lowest BCUT2D eigenvalue weighted by Crippen LogP contribution is -2.20. The number of hydrogen-bond donors (Lipinski definition) is 3. The molecule has 0 amide bonds. The van der Waals surface area contributed by atoms with Gasteiger partial charge in [-0.25, -0.2) is 4.79 Å². The van der Waals surface area contributed by atoms with Gasteiger partial charge < -0.3 is 20.5 Å². The van der Waals surface area contributed by atoms with E-state index in [9.17, 15) is 9.90 Å². The molecule has 6 nitrogen and oxygen atoms in total. The Balaban J connectivity index is 1.74. The van der Waals surface area contributed by atoms with Crippen molar-refractivity contribution in [3.05, 3.63) is 82.9 Å². The van der Waals surface area contributed by atoms with Crippen molar-refractivity contribution in [2.75, 3.05) is 18.6 Å². The molecule has 0 fully saturated rings. The largest absolute Gasteiger partial charge is 0.497 e. The van der Waals surface area contributed by atoms with Crippen molar-refractivity contribution >= 4 is 17.5 Å². The maximum atomic E-state index is 11.8. The van der Waals surface area contributed by atoms with Crippen LogP contribution in [-0.4, -0.2) is 30.6 Å². The molecule has 3 aromatic carbocycles. The number of carboxylic acid groups (broad SMARTS) is 1. The number of hydrogen-bond acceptors (Lipinski definition) is 4. The summed E-state index contributed by atoms with van der Waals surface area (Å²) in [7, 11) is 1.62. The molecule has 30 heavy (non-hydrogen) atoms. The van der Waals surface area contributed by atoms with Gasteiger partial charge in [-0.3, -0.25) is 5.41 Å². The highest BCUT2D eigenvalue weighted by Crippen LogP contribution is 2.35. The number of benzene rings is 3. The molecular formula is C24H23N3O3. The minimum Gasteiger partial charge on any atom is -0.497 e. The van der Waals surface area contributed by atoms with Gasteiger partial charge in [-0.15, -0.1) is 0 Å². The minimum absolute atomic E-state index is 0.0663. The summed E-state index contributed by atoms with van der Waals surface area (Å²) < 4.78 is 5.43. The average Bonchev–Trinajstić information content (AvgIpc) is 3.15. The van der Waals surface area contributed by atoms with Crippen LogP contribution in [0.15, 0.2) is 60.7 Å². The molecule has 6 heteroatoms. The van der Waals surface area contributed by atoms with Crippen LogP contribution in [0.1, 0.15) is 27.0 Å². The molecule has 0 unspecified atom stereocenters. The zero-order chi connectivity index (χ0) is 21.3. The molecule has 0 bridgehead atoms. The zero-order valence-corrected chi connectivity index (χ0v) is 16.7. The Morgan fingerprint density at radius 2 is 1.93 bits per heavy atom. The first kappa shape index (κ1) is 19.5. The van der Waals surface area contributed by atoms with Gasteiger partial charge in [0.1, 0.15) is 11.6 Å². The van der Waals surface area contributed by atoms with Crippen molar-refractivity contribution in [3.8, 4) is 16.9 Å². The van der Waals surface area contributed by atoms with Crippen LogP contribution in [0.5, 0.6) is 5.75 Å². The molecule has 4 rings (SSSR count). The summed E-state index contributed by atoms with van der Waals surface area (Å²) in [6.45, 7) is 1.46. The van der Waals surface area contributed by atoms with Crippen LogP contribution in [0.2, 0.25) is 0 Å². The van der Waals surface area contributed by atoms with Crippen LogP contribution in [0.25, 0.3) is 11.1 Å². The Hall–Kier alpha value is -3.80. The number of nitrogens with two attached hydrogens (primary N) is 1. The van der Waals surface area contributed by atoms with Gasteiger partial charge in [-0.1, -0.05) is 24.3 Å². The topological polar surface area (TPSA) is 99.6 Å². The molecule has 3 aromatic rings. The third-order valence-corrected chi connectivity index (χ3v) is 5.50. The third-order valence-electron chi connectivity index (χ3n) is 5.50. The zero-order valence-electron chi connectivity index (χ0n) is 16.7. The molecule has 0 saturated heterocycles. The lowest BCUT2D eigenvalue weighted by atomic mass is 9.94. The highest BCUT2D eigenvalue weighted by molar-refractivity contribution is 5.97. The highest BCUT2D eigenvalue weighted by Gasteiger charge is 2.22. The van der Waals surface area contributed by atoms with Gasteiger partial charge in [-0.05, 0) is 65.1 Å². The third kappa shape index (κ3) is 3.59. The summed E-state index contributed by atoms with van der Waals surface area (Å²) in [6.07, 6.45) is 0.876. The second-order valence-corrected chi connectivity index (χ2v) is 7.30. The van der Waals surface area contributed by atoms with Gasteiger partial charge >= 0.3 is 5.97 Å². The van der Waals surface area contributed by atoms with Gasteiger partial charge in [0, 0.05) is 24.3 Å². The van der Waals surface area contributed by atoms with E-state index < -0.39 is 5.97 Å². The first-order valence-electron chi connectivity index (χ1n) is 9.70. The summed E-state index contributed by atoms with van der Waals surface area (Å²) in [4.78, 5) is 14.0. The Kier molecular flexibility index (Phi) is 5.14. The smallest absolute Gasteiger partial charge is 0.336 e. The summed E-state index contributed by atoms with van der Waals surface area (Å²) in [5.74, 6) is -0.153. The van der Waals surface area contributed by atoms with E-state index in [0.717, 1.165) is 46.7 Å². The normalized spacial score (nSPS) is 12.5. The van der Waals surface area contributed by atoms with Gasteiger partial charge in [0.05, 0.1) is 12.7 Å². The van der Waals surface area contributed by atoms with Crippen molar-refractivity contribution < 1.29 is 14.6 Å². The SMILES string of the molecule is COc1ccc(-c2ccccc2C(=O)O)c(CN2CCc3cc(C(=N)N)ccc32)c1. The molecule has 4 N–H and O–H groups in total. The Morgan fingerprint density at radius 3 is 2.67 bits per heavy atom. The molecule has 0 atom stereocenters. The number of methoxy groups -OCH3 is 1. The summed E-state index contributed by atoms with van der Waals surface area (Å²) >= 11 is 0. The van der Waals surface area contributed by atoms with Crippen molar-refractivity contribution in [1.82, 2.24) is 0 Å². The predicted molar refractivity (Wildman–Crippen MR) is 118 cm³/mol. The molecule has 152 valence electrons. The molecule has 0 saturated carbocycles. The summed E-state index contributed by atoms with van der Waals surface area (Å²) in [6, 6.07) is 18.6.